The summed E-state index contributed by atoms with van der Waals surface area (Å²) in [5.41, 5.74) is 2.46. The Labute approximate surface area is 159 Å². The summed E-state index contributed by atoms with van der Waals surface area (Å²) in [4.78, 5) is 30.0. The highest BCUT2D eigenvalue weighted by molar-refractivity contribution is 5.95. The van der Waals surface area contributed by atoms with Crippen LogP contribution in [0.1, 0.15) is 13.8 Å². The van der Waals surface area contributed by atoms with Gasteiger partial charge in [-0.3, -0.25) is 9.59 Å². The Morgan fingerprint density at radius 2 is 1.89 bits per heavy atom. The summed E-state index contributed by atoms with van der Waals surface area (Å²) in [6.45, 7) is 7.03. The zero-order valence-electron chi connectivity index (χ0n) is 16.1. The number of benzene rings is 1. The second kappa shape index (κ2) is 8.26. The predicted octanol–water partition coefficient (Wildman–Crippen LogP) is 2.72. The molecule has 7 nitrogen and oxygen atoms in total. The first-order chi connectivity index (χ1) is 12.9. The van der Waals surface area contributed by atoms with E-state index < -0.39 is 0 Å². The van der Waals surface area contributed by atoms with Crippen LogP contribution in [-0.2, 0) is 9.59 Å². The molecule has 2 aromatic rings. The van der Waals surface area contributed by atoms with Gasteiger partial charge in [0, 0.05) is 44.9 Å². The molecule has 0 bridgehead atoms. The largest absolute Gasteiger partial charge is 0.448 e. The number of nitrogens with zero attached hydrogens (tertiary/aromatic N) is 3. The molecule has 0 radical (unpaired) electrons. The number of carbonyl (C=O) groups excluding carboxylic acids is 2. The van der Waals surface area contributed by atoms with E-state index in [-0.39, 0.29) is 18.2 Å². The number of anilines is 4. The van der Waals surface area contributed by atoms with Gasteiger partial charge in [-0.05, 0) is 38.2 Å². The molecule has 1 N–H and O–H groups in total. The number of carbonyl (C=O) groups is 2. The molecule has 0 atom stereocenters. The standard InChI is InChI=1S/C20H26N4O3/c1-15(25)14-24(20-5-4-12-27-20)19-13-17(6-7-18(19)21-16(2)26)23-10-8-22(3)9-11-23/h4-7,12-13H,8-11,14H2,1-3H3,(H,21,26). The molecule has 1 aromatic heterocycles. The van der Waals surface area contributed by atoms with Gasteiger partial charge in [0.05, 0.1) is 24.2 Å². The second-order valence-electron chi connectivity index (χ2n) is 6.91. The molecule has 1 aliphatic rings. The monoisotopic (exact) mass is 370 g/mol. The van der Waals surface area contributed by atoms with E-state index in [2.05, 4.69) is 22.2 Å². The van der Waals surface area contributed by atoms with E-state index in [1.54, 1.807) is 24.2 Å². The molecule has 3 rings (SSSR count). The fourth-order valence-corrected chi connectivity index (χ4v) is 3.23. The molecule has 144 valence electrons. The highest BCUT2D eigenvalue weighted by Gasteiger charge is 2.21. The first-order valence-corrected chi connectivity index (χ1v) is 9.09. The van der Waals surface area contributed by atoms with Crippen LogP contribution in [-0.4, -0.2) is 56.4 Å². The molecule has 1 aromatic carbocycles. The van der Waals surface area contributed by atoms with Gasteiger partial charge in [-0.15, -0.1) is 0 Å². The Kier molecular flexibility index (Phi) is 5.81. The van der Waals surface area contributed by atoms with E-state index in [4.69, 9.17) is 4.42 Å². The lowest BCUT2D eigenvalue weighted by Gasteiger charge is -2.35. The minimum Gasteiger partial charge on any atom is -0.448 e. The van der Waals surface area contributed by atoms with E-state index in [0.717, 1.165) is 37.6 Å². The molecule has 27 heavy (non-hydrogen) atoms. The van der Waals surface area contributed by atoms with Crippen LogP contribution in [0.4, 0.5) is 22.9 Å². The van der Waals surface area contributed by atoms with Crippen LogP contribution < -0.4 is 15.1 Å². The van der Waals surface area contributed by atoms with Gasteiger partial charge >= 0.3 is 0 Å². The first-order valence-electron chi connectivity index (χ1n) is 9.09. The topological polar surface area (TPSA) is 69.0 Å². The number of furan rings is 1. The number of rotatable bonds is 6. The Morgan fingerprint density at radius 3 is 2.48 bits per heavy atom. The number of Topliss-reactive ketones (excluding diaryl/α,β-unsaturated/α-hetero) is 1. The summed E-state index contributed by atoms with van der Waals surface area (Å²) in [5.74, 6) is 0.406. The van der Waals surface area contributed by atoms with Crippen molar-refractivity contribution in [3.05, 3.63) is 36.6 Å². The van der Waals surface area contributed by atoms with Crippen molar-refractivity contribution >= 4 is 34.6 Å². The number of piperazine rings is 1. The van der Waals surface area contributed by atoms with Gasteiger partial charge in [-0.1, -0.05) is 0 Å². The summed E-state index contributed by atoms with van der Waals surface area (Å²) in [7, 11) is 2.12. The van der Waals surface area contributed by atoms with Gasteiger partial charge in [0.25, 0.3) is 0 Å². The van der Waals surface area contributed by atoms with E-state index in [1.807, 2.05) is 24.3 Å². The second-order valence-corrected chi connectivity index (χ2v) is 6.91. The normalized spacial score (nSPS) is 14.9. The Balaban J connectivity index is 2.01. The van der Waals surface area contributed by atoms with Crippen molar-refractivity contribution in [1.82, 2.24) is 4.90 Å². The third-order valence-corrected chi connectivity index (χ3v) is 4.60. The zero-order chi connectivity index (χ0) is 19.4. The van der Waals surface area contributed by atoms with Gasteiger partial charge in [-0.25, -0.2) is 0 Å². The third kappa shape index (κ3) is 4.68. The summed E-state index contributed by atoms with van der Waals surface area (Å²) in [5, 5.41) is 2.87. The van der Waals surface area contributed by atoms with Crippen LogP contribution in [0.25, 0.3) is 0 Å². The van der Waals surface area contributed by atoms with Crippen molar-refractivity contribution in [1.29, 1.82) is 0 Å². The molecular weight excluding hydrogens is 344 g/mol. The molecule has 1 aliphatic heterocycles. The Hall–Kier alpha value is -2.80. The van der Waals surface area contributed by atoms with Crippen LogP contribution in [0.15, 0.2) is 41.0 Å². The maximum absolute atomic E-state index is 11.9. The molecule has 2 heterocycles. The van der Waals surface area contributed by atoms with Crippen LogP contribution in [0.2, 0.25) is 0 Å². The molecule has 1 saturated heterocycles. The third-order valence-electron chi connectivity index (χ3n) is 4.60. The maximum Gasteiger partial charge on any atom is 0.221 e. The molecule has 7 heteroatoms. The number of amides is 1. The fourth-order valence-electron chi connectivity index (χ4n) is 3.23. The lowest BCUT2D eigenvalue weighted by molar-refractivity contribution is -0.116. The number of nitrogens with one attached hydrogen (secondary N) is 1. The summed E-state index contributed by atoms with van der Waals surface area (Å²) in [6, 6.07) is 9.50. The van der Waals surface area contributed by atoms with E-state index in [1.165, 1.54) is 6.92 Å². The van der Waals surface area contributed by atoms with Crippen LogP contribution in [0.3, 0.4) is 0 Å². The average molecular weight is 370 g/mol. The molecule has 1 fully saturated rings. The molecule has 0 spiro atoms. The smallest absolute Gasteiger partial charge is 0.221 e. The zero-order valence-corrected chi connectivity index (χ0v) is 16.1. The number of hydrogen-bond acceptors (Lipinski definition) is 6. The van der Waals surface area contributed by atoms with Crippen molar-refractivity contribution in [2.45, 2.75) is 13.8 Å². The first kappa shape index (κ1) is 19.0. The molecular formula is C20H26N4O3. The molecule has 1 amide bonds. The molecule has 0 unspecified atom stereocenters. The van der Waals surface area contributed by atoms with E-state index in [9.17, 15) is 9.59 Å². The van der Waals surface area contributed by atoms with Crippen LogP contribution in [0, 0.1) is 0 Å². The Morgan fingerprint density at radius 1 is 1.15 bits per heavy atom. The minimum absolute atomic E-state index is 0.00479. The summed E-state index contributed by atoms with van der Waals surface area (Å²) in [6.07, 6.45) is 1.57. The summed E-state index contributed by atoms with van der Waals surface area (Å²) >= 11 is 0. The van der Waals surface area contributed by atoms with Gasteiger partial charge < -0.3 is 24.4 Å². The lowest BCUT2D eigenvalue weighted by atomic mass is 10.1. The number of hydrogen-bond donors (Lipinski definition) is 1. The SMILES string of the molecule is CC(=O)CN(c1ccco1)c1cc(N2CCN(C)CC2)ccc1NC(C)=O. The van der Waals surface area contributed by atoms with Crippen molar-refractivity contribution in [3.8, 4) is 0 Å². The van der Waals surface area contributed by atoms with Gasteiger partial charge in [0.1, 0.15) is 5.78 Å². The average Bonchev–Trinajstić information content (AvgIpc) is 3.15. The van der Waals surface area contributed by atoms with Crippen molar-refractivity contribution in [2.75, 3.05) is 54.9 Å². The van der Waals surface area contributed by atoms with E-state index >= 15 is 0 Å². The summed E-state index contributed by atoms with van der Waals surface area (Å²) < 4.78 is 5.55. The van der Waals surface area contributed by atoms with Gasteiger partial charge in [0.15, 0.2) is 5.88 Å². The van der Waals surface area contributed by atoms with Crippen LogP contribution in [0.5, 0.6) is 0 Å². The maximum atomic E-state index is 11.9. The highest BCUT2D eigenvalue weighted by atomic mass is 16.3. The van der Waals surface area contributed by atoms with Crippen molar-refractivity contribution in [3.63, 3.8) is 0 Å². The fraction of sp³-hybridized carbons (Fsp3) is 0.400. The van der Waals surface area contributed by atoms with Crippen LogP contribution >= 0.6 is 0 Å². The predicted molar refractivity (Wildman–Crippen MR) is 107 cm³/mol. The molecule has 0 aliphatic carbocycles. The van der Waals surface area contributed by atoms with E-state index in [0.29, 0.717) is 11.6 Å². The number of likely N-dealkylation sites (N-methyl/N-ethyl adjacent to an activating group) is 1. The highest BCUT2D eigenvalue weighted by Crippen LogP contribution is 2.36. The van der Waals surface area contributed by atoms with Gasteiger partial charge in [-0.2, -0.15) is 0 Å². The minimum atomic E-state index is -0.161. The number of ketones is 1. The van der Waals surface area contributed by atoms with Crippen molar-refractivity contribution in [2.24, 2.45) is 0 Å². The van der Waals surface area contributed by atoms with Crippen molar-refractivity contribution < 1.29 is 14.0 Å². The Bertz CT molecular complexity index is 796. The lowest BCUT2D eigenvalue weighted by Crippen LogP contribution is -2.44. The van der Waals surface area contributed by atoms with Gasteiger partial charge in [0.2, 0.25) is 5.91 Å². The quantitative estimate of drug-likeness (QED) is 0.843. The molecule has 0 saturated carbocycles.